The predicted molar refractivity (Wildman–Crippen MR) is 77.7 cm³/mol. The lowest BCUT2D eigenvalue weighted by molar-refractivity contribution is -0.385. The third-order valence-electron chi connectivity index (χ3n) is 3.21. The van der Waals surface area contributed by atoms with Crippen molar-refractivity contribution in [3.05, 3.63) is 31.9 Å². The van der Waals surface area contributed by atoms with E-state index in [2.05, 4.69) is 5.32 Å². The molecule has 98 valence electrons. The van der Waals surface area contributed by atoms with Crippen molar-refractivity contribution in [3.63, 3.8) is 0 Å². The molecule has 2 N–H and O–H groups in total. The van der Waals surface area contributed by atoms with Gasteiger partial charge in [0, 0.05) is 17.8 Å². The number of anilines is 1. The molecule has 1 fully saturated rings. The molecule has 5 nitrogen and oxygen atoms in total. The van der Waals surface area contributed by atoms with Gasteiger partial charge in [-0.1, -0.05) is 0 Å². The Bertz CT molecular complexity index is 445. The van der Waals surface area contributed by atoms with Gasteiger partial charge in [-0.2, -0.15) is 0 Å². The van der Waals surface area contributed by atoms with Crippen LogP contribution in [-0.2, 0) is 0 Å². The third kappa shape index (κ3) is 3.32. The molecule has 0 atom stereocenters. The molecule has 0 aliphatic heterocycles. The molecular formula is C12H15IN2O3. The molecule has 1 saturated carbocycles. The minimum absolute atomic E-state index is 0.139. The van der Waals surface area contributed by atoms with Gasteiger partial charge in [0.25, 0.3) is 5.69 Å². The minimum atomic E-state index is -0.373. The Balaban J connectivity index is 2.02. The van der Waals surface area contributed by atoms with E-state index < -0.39 is 0 Å². The van der Waals surface area contributed by atoms with Crippen molar-refractivity contribution in [2.24, 2.45) is 0 Å². The molecule has 1 aromatic carbocycles. The van der Waals surface area contributed by atoms with Crippen LogP contribution in [0.1, 0.15) is 25.7 Å². The second kappa shape index (κ2) is 5.83. The summed E-state index contributed by atoms with van der Waals surface area (Å²) < 4.78 is 0.637. The van der Waals surface area contributed by atoms with Crippen molar-refractivity contribution in [1.82, 2.24) is 0 Å². The third-order valence-corrected chi connectivity index (χ3v) is 4.08. The monoisotopic (exact) mass is 362 g/mol. The van der Waals surface area contributed by atoms with Crippen LogP contribution >= 0.6 is 22.6 Å². The Labute approximate surface area is 119 Å². The lowest BCUT2D eigenvalue weighted by Gasteiger charge is -2.27. The van der Waals surface area contributed by atoms with Gasteiger partial charge in [-0.3, -0.25) is 10.1 Å². The Morgan fingerprint density at radius 2 is 2.00 bits per heavy atom. The summed E-state index contributed by atoms with van der Waals surface area (Å²) in [6.45, 7) is 0. The summed E-state index contributed by atoms with van der Waals surface area (Å²) in [6, 6.07) is 5.42. The van der Waals surface area contributed by atoms with Crippen LogP contribution in [0.5, 0.6) is 0 Å². The smallest absolute Gasteiger partial charge is 0.282 e. The number of nitro groups is 1. The van der Waals surface area contributed by atoms with Gasteiger partial charge in [-0.15, -0.1) is 0 Å². The number of halogens is 1. The fraction of sp³-hybridized carbons (Fsp3) is 0.500. The zero-order valence-electron chi connectivity index (χ0n) is 9.80. The molecule has 0 amide bonds. The molecule has 0 heterocycles. The van der Waals surface area contributed by atoms with Crippen LogP contribution < -0.4 is 5.32 Å². The Hall–Kier alpha value is -0.890. The first kappa shape index (κ1) is 13.5. The molecule has 6 heteroatoms. The topological polar surface area (TPSA) is 75.4 Å². The fourth-order valence-electron chi connectivity index (χ4n) is 2.20. The lowest BCUT2D eigenvalue weighted by Crippen LogP contribution is -2.28. The van der Waals surface area contributed by atoms with E-state index >= 15 is 0 Å². The molecule has 0 unspecified atom stereocenters. The number of aliphatic hydroxyl groups is 1. The maximum atomic E-state index is 10.7. The van der Waals surface area contributed by atoms with Gasteiger partial charge in [-0.05, 0) is 60.4 Å². The molecule has 2 rings (SSSR count). The van der Waals surface area contributed by atoms with Crippen LogP contribution in [-0.4, -0.2) is 22.2 Å². The number of rotatable bonds is 3. The van der Waals surface area contributed by atoms with Crippen molar-refractivity contribution in [2.75, 3.05) is 5.32 Å². The van der Waals surface area contributed by atoms with Crippen molar-refractivity contribution in [2.45, 2.75) is 37.8 Å². The van der Waals surface area contributed by atoms with Gasteiger partial charge < -0.3 is 10.4 Å². The quantitative estimate of drug-likeness (QED) is 0.493. The van der Waals surface area contributed by atoms with Crippen molar-refractivity contribution < 1.29 is 10.0 Å². The van der Waals surface area contributed by atoms with E-state index in [0.717, 1.165) is 31.4 Å². The Morgan fingerprint density at radius 1 is 1.33 bits per heavy atom. The highest BCUT2D eigenvalue weighted by molar-refractivity contribution is 14.1. The Kier molecular flexibility index (Phi) is 4.39. The summed E-state index contributed by atoms with van der Waals surface area (Å²) in [6.07, 6.45) is 3.35. The van der Waals surface area contributed by atoms with Gasteiger partial charge >= 0.3 is 0 Å². The number of hydrogen-bond acceptors (Lipinski definition) is 4. The molecule has 1 aliphatic carbocycles. The fourth-order valence-corrected chi connectivity index (χ4v) is 2.91. The van der Waals surface area contributed by atoms with Gasteiger partial charge in [-0.25, -0.2) is 0 Å². The Morgan fingerprint density at radius 3 is 2.56 bits per heavy atom. The molecule has 0 saturated heterocycles. The van der Waals surface area contributed by atoms with Crippen LogP contribution in [0.4, 0.5) is 11.4 Å². The normalized spacial score (nSPS) is 23.7. The van der Waals surface area contributed by atoms with Gasteiger partial charge in [0.1, 0.15) is 0 Å². The minimum Gasteiger partial charge on any atom is -0.393 e. The number of nitrogens with zero attached hydrogens (tertiary/aromatic N) is 1. The van der Waals surface area contributed by atoms with Crippen molar-refractivity contribution >= 4 is 34.0 Å². The second-order valence-electron chi connectivity index (χ2n) is 4.57. The van der Waals surface area contributed by atoms with E-state index in [1.54, 1.807) is 12.1 Å². The molecular weight excluding hydrogens is 347 g/mol. The highest BCUT2D eigenvalue weighted by Crippen LogP contribution is 2.27. The van der Waals surface area contributed by atoms with Gasteiger partial charge in [0.15, 0.2) is 0 Å². The van der Waals surface area contributed by atoms with E-state index in [4.69, 9.17) is 0 Å². The standard InChI is InChI=1S/C12H15IN2O3/c13-11-7-9(3-6-12(11)15(17)18)14-8-1-4-10(16)5-2-8/h3,6-8,10,14,16H,1-2,4-5H2. The number of nitrogens with one attached hydrogen (secondary N) is 1. The molecule has 0 spiro atoms. The summed E-state index contributed by atoms with van der Waals surface area (Å²) in [4.78, 5) is 10.3. The summed E-state index contributed by atoms with van der Waals surface area (Å²) in [5, 5.41) is 23.5. The SMILES string of the molecule is O=[N+]([O-])c1ccc(NC2CCC(O)CC2)cc1I. The molecule has 0 bridgehead atoms. The van der Waals surface area contributed by atoms with E-state index in [-0.39, 0.29) is 16.7 Å². The van der Waals surface area contributed by atoms with Crippen LogP contribution in [0.2, 0.25) is 0 Å². The summed E-state index contributed by atoms with van der Waals surface area (Å²) in [5.41, 5.74) is 1.05. The second-order valence-corrected chi connectivity index (χ2v) is 5.74. The summed E-state index contributed by atoms with van der Waals surface area (Å²) >= 11 is 1.98. The highest BCUT2D eigenvalue weighted by Gasteiger charge is 2.19. The maximum absolute atomic E-state index is 10.7. The van der Waals surface area contributed by atoms with E-state index in [1.165, 1.54) is 6.07 Å². The number of hydrogen-bond donors (Lipinski definition) is 2. The largest absolute Gasteiger partial charge is 0.393 e. The zero-order chi connectivity index (χ0) is 13.1. The van der Waals surface area contributed by atoms with E-state index in [0.29, 0.717) is 9.61 Å². The summed E-state index contributed by atoms with van der Waals surface area (Å²) in [5.74, 6) is 0. The predicted octanol–water partition coefficient (Wildman–Crippen LogP) is 2.91. The van der Waals surface area contributed by atoms with E-state index in [9.17, 15) is 15.2 Å². The molecule has 0 aromatic heterocycles. The first-order chi connectivity index (χ1) is 8.56. The van der Waals surface area contributed by atoms with Crippen molar-refractivity contribution in [3.8, 4) is 0 Å². The van der Waals surface area contributed by atoms with Crippen molar-refractivity contribution in [1.29, 1.82) is 0 Å². The zero-order valence-corrected chi connectivity index (χ0v) is 12.0. The van der Waals surface area contributed by atoms with E-state index in [1.807, 2.05) is 22.6 Å². The highest BCUT2D eigenvalue weighted by atomic mass is 127. The molecule has 1 aromatic rings. The van der Waals surface area contributed by atoms with Crippen LogP contribution in [0, 0.1) is 13.7 Å². The number of nitro benzene ring substituents is 1. The van der Waals surface area contributed by atoms with Crippen LogP contribution in [0.3, 0.4) is 0 Å². The van der Waals surface area contributed by atoms with Gasteiger partial charge in [0.2, 0.25) is 0 Å². The summed E-state index contributed by atoms with van der Waals surface area (Å²) in [7, 11) is 0. The van der Waals surface area contributed by atoms with Gasteiger partial charge in [0.05, 0.1) is 14.6 Å². The van der Waals surface area contributed by atoms with Crippen LogP contribution in [0.15, 0.2) is 18.2 Å². The number of benzene rings is 1. The average molecular weight is 362 g/mol. The number of aliphatic hydroxyl groups excluding tert-OH is 1. The lowest BCUT2D eigenvalue weighted by atomic mass is 9.93. The van der Waals surface area contributed by atoms with Crippen LogP contribution in [0.25, 0.3) is 0 Å². The molecule has 0 radical (unpaired) electrons. The first-order valence-electron chi connectivity index (χ1n) is 5.95. The molecule has 18 heavy (non-hydrogen) atoms. The molecule has 1 aliphatic rings. The maximum Gasteiger partial charge on any atom is 0.282 e. The first-order valence-corrected chi connectivity index (χ1v) is 7.02. The average Bonchev–Trinajstić information content (AvgIpc) is 2.32.